The van der Waals surface area contributed by atoms with Gasteiger partial charge in [-0.3, -0.25) is 9.89 Å². The average molecular weight is 395 g/mol. The summed E-state index contributed by atoms with van der Waals surface area (Å²) in [7, 11) is 0. The highest BCUT2D eigenvalue weighted by atomic mass is 35.5. The van der Waals surface area contributed by atoms with E-state index in [1.165, 1.54) is 0 Å². The standard InChI is InChI=1S/C19H23ClN4O.ClH/c20-15-5-2-1-4-14(15)17-12-16(22-23-17)13-6-10-24(11-7-13)18(25)19(21)8-3-9-19;/h1-2,4-5,12-13H,3,6-11,21H2,(H,22,23);1H. The Morgan fingerprint density at radius 1 is 1.27 bits per heavy atom. The fourth-order valence-corrected chi connectivity index (χ4v) is 4.07. The molecule has 0 spiro atoms. The van der Waals surface area contributed by atoms with E-state index < -0.39 is 5.54 Å². The van der Waals surface area contributed by atoms with Crippen LogP contribution in [0.4, 0.5) is 0 Å². The van der Waals surface area contributed by atoms with Crippen LogP contribution in [0.3, 0.4) is 0 Å². The summed E-state index contributed by atoms with van der Waals surface area (Å²) in [6, 6.07) is 9.81. The van der Waals surface area contributed by atoms with Gasteiger partial charge < -0.3 is 10.6 Å². The molecule has 3 N–H and O–H groups in total. The molecule has 2 aromatic rings. The minimum absolute atomic E-state index is 0. The van der Waals surface area contributed by atoms with Crippen LogP contribution < -0.4 is 5.73 Å². The molecule has 4 rings (SSSR count). The maximum Gasteiger partial charge on any atom is 0.242 e. The first-order valence-corrected chi connectivity index (χ1v) is 9.33. The number of carbonyl (C=O) groups is 1. The molecule has 26 heavy (non-hydrogen) atoms. The number of H-pyrrole nitrogens is 1. The number of nitrogens with one attached hydrogen (secondary N) is 1. The average Bonchev–Trinajstić information content (AvgIpc) is 3.09. The van der Waals surface area contributed by atoms with Crippen molar-refractivity contribution < 1.29 is 4.79 Å². The van der Waals surface area contributed by atoms with Crippen LogP contribution in [0.25, 0.3) is 11.3 Å². The molecule has 0 unspecified atom stereocenters. The molecule has 0 bridgehead atoms. The minimum atomic E-state index is -0.585. The molecular formula is C19H24Cl2N4O. The van der Waals surface area contributed by atoms with Crippen LogP contribution in [0.1, 0.15) is 43.7 Å². The van der Waals surface area contributed by atoms with Gasteiger partial charge in [-0.15, -0.1) is 12.4 Å². The van der Waals surface area contributed by atoms with Gasteiger partial charge in [-0.25, -0.2) is 0 Å². The maximum absolute atomic E-state index is 12.5. The quantitative estimate of drug-likeness (QED) is 0.832. The molecule has 0 radical (unpaired) electrons. The Balaban J connectivity index is 0.00000196. The third-order valence-corrected chi connectivity index (χ3v) is 5.97. The number of rotatable bonds is 3. The summed E-state index contributed by atoms with van der Waals surface area (Å²) in [6.07, 6.45) is 4.59. The number of carbonyl (C=O) groups excluding carboxylic acids is 1. The molecule has 5 nitrogen and oxygen atoms in total. The summed E-state index contributed by atoms with van der Waals surface area (Å²) < 4.78 is 0. The lowest BCUT2D eigenvalue weighted by Gasteiger charge is -2.42. The molecule has 1 saturated carbocycles. The molecule has 1 aliphatic heterocycles. The monoisotopic (exact) mass is 394 g/mol. The van der Waals surface area contributed by atoms with Crippen LogP contribution >= 0.6 is 24.0 Å². The summed E-state index contributed by atoms with van der Waals surface area (Å²) in [5, 5.41) is 8.29. The maximum atomic E-state index is 12.5. The van der Waals surface area contributed by atoms with Crippen molar-refractivity contribution in [3.8, 4) is 11.3 Å². The fraction of sp³-hybridized carbons (Fsp3) is 0.474. The Morgan fingerprint density at radius 3 is 2.58 bits per heavy atom. The van der Waals surface area contributed by atoms with Crippen molar-refractivity contribution in [1.82, 2.24) is 15.1 Å². The van der Waals surface area contributed by atoms with Crippen molar-refractivity contribution >= 4 is 29.9 Å². The zero-order chi connectivity index (χ0) is 17.4. The van der Waals surface area contributed by atoms with Crippen molar-refractivity contribution in [3.05, 3.63) is 41.0 Å². The summed E-state index contributed by atoms with van der Waals surface area (Å²) >= 11 is 6.26. The zero-order valence-electron chi connectivity index (χ0n) is 14.6. The Labute approximate surface area is 164 Å². The van der Waals surface area contributed by atoms with E-state index in [2.05, 4.69) is 16.3 Å². The van der Waals surface area contributed by atoms with Crippen molar-refractivity contribution in [2.24, 2.45) is 5.73 Å². The van der Waals surface area contributed by atoms with Crippen LogP contribution in [0, 0.1) is 0 Å². The van der Waals surface area contributed by atoms with E-state index in [4.69, 9.17) is 17.3 Å². The number of piperidine rings is 1. The third kappa shape index (κ3) is 3.48. The lowest BCUT2D eigenvalue weighted by molar-refractivity contribution is -0.141. The molecule has 1 aromatic carbocycles. The normalized spacial score (nSPS) is 19.5. The Bertz CT molecular complexity index is 779. The highest BCUT2D eigenvalue weighted by Gasteiger charge is 2.43. The topological polar surface area (TPSA) is 75.0 Å². The van der Waals surface area contributed by atoms with Crippen molar-refractivity contribution in [3.63, 3.8) is 0 Å². The zero-order valence-corrected chi connectivity index (χ0v) is 16.2. The van der Waals surface area contributed by atoms with Gasteiger partial charge in [0.25, 0.3) is 0 Å². The van der Waals surface area contributed by atoms with Gasteiger partial charge in [0.15, 0.2) is 0 Å². The molecule has 1 saturated heterocycles. The van der Waals surface area contributed by atoms with Crippen LogP contribution in [0.15, 0.2) is 30.3 Å². The van der Waals surface area contributed by atoms with Gasteiger partial charge >= 0.3 is 0 Å². The molecule has 2 heterocycles. The van der Waals surface area contributed by atoms with E-state index in [0.29, 0.717) is 10.9 Å². The van der Waals surface area contributed by atoms with Crippen LogP contribution in [0.2, 0.25) is 5.02 Å². The summed E-state index contributed by atoms with van der Waals surface area (Å²) in [4.78, 5) is 14.5. The molecule has 1 amide bonds. The Hall–Kier alpha value is -1.56. The van der Waals surface area contributed by atoms with Gasteiger partial charge in [-0.2, -0.15) is 5.10 Å². The first kappa shape index (κ1) is 19.2. The van der Waals surface area contributed by atoms with E-state index in [-0.39, 0.29) is 18.3 Å². The number of benzene rings is 1. The van der Waals surface area contributed by atoms with Crippen molar-refractivity contribution in [2.45, 2.75) is 43.6 Å². The highest BCUT2D eigenvalue weighted by Crippen LogP contribution is 2.35. The lowest BCUT2D eigenvalue weighted by atomic mass is 9.76. The second-order valence-corrected chi connectivity index (χ2v) is 7.67. The number of aromatic nitrogens is 2. The smallest absolute Gasteiger partial charge is 0.242 e. The van der Waals surface area contributed by atoms with Gasteiger partial charge in [-0.1, -0.05) is 29.8 Å². The fourth-order valence-electron chi connectivity index (χ4n) is 3.83. The highest BCUT2D eigenvalue weighted by molar-refractivity contribution is 6.33. The largest absolute Gasteiger partial charge is 0.341 e. The number of nitrogens with zero attached hydrogens (tertiary/aromatic N) is 2. The molecule has 1 aliphatic carbocycles. The van der Waals surface area contributed by atoms with E-state index in [1.807, 2.05) is 29.2 Å². The van der Waals surface area contributed by atoms with Gasteiger partial charge in [-0.05, 0) is 44.2 Å². The van der Waals surface area contributed by atoms with Crippen molar-refractivity contribution in [2.75, 3.05) is 13.1 Å². The SMILES string of the molecule is Cl.NC1(C(=O)N2CCC(c3cc(-c4ccccc4Cl)n[nH]3)CC2)CCC1. The second kappa shape index (κ2) is 7.59. The molecule has 2 fully saturated rings. The van der Waals surface area contributed by atoms with Gasteiger partial charge in [0.05, 0.1) is 16.3 Å². The summed E-state index contributed by atoms with van der Waals surface area (Å²) in [5.74, 6) is 0.529. The lowest BCUT2D eigenvalue weighted by Crippen LogP contribution is -2.60. The Morgan fingerprint density at radius 2 is 1.96 bits per heavy atom. The summed E-state index contributed by atoms with van der Waals surface area (Å²) in [5.41, 5.74) is 8.53. The van der Waals surface area contributed by atoms with Crippen LogP contribution in [0.5, 0.6) is 0 Å². The minimum Gasteiger partial charge on any atom is -0.341 e. The third-order valence-electron chi connectivity index (χ3n) is 5.64. The predicted octanol–water partition coefficient (Wildman–Crippen LogP) is 3.74. The van der Waals surface area contributed by atoms with E-state index in [1.54, 1.807) is 0 Å². The summed E-state index contributed by atoms with van der Waals surface area (Å²) in [6.45, 7) is 1.53. The van der Waals surface area contributed by atoms with E-state index >= 15 is 0 Å². The molecular weight excluding hydrogens is 371 g/mol. The molecule has 2 aliphatic rings. The molecule has 7 heteroatoms. The molecule has 1 aromatic heterocycles. The predicted molar refractivity (Wildman–Crippen MR) is 106 cm³/mol. The van der Waals surface area contributed by atoms with E-state index in [0.717, 1.165) is 62.1 Å². The second-order valence-electron chi connectivity index (χ2n) is 7.26. The molecule has 140 valence electrons. The molecule has 0 atom stereocenters. The number of likely N-dealkylation sites (tertiary alicyclic amines) is 1. The van der Waals surface area contributed by atoms with Crippen LogP contribution in [-0.2, 0) is 4.79 Å². The Kier molecular flexibility index (Phi) is 5.61. The number of hydrogen-bond acceptors (Lipinski definition) is 3. The van der Waals surface area contributed by atoms with Crippen LogP contribution in [-0.4, -0.2) is 39.6 Å². The van der Waals surface area contributed by atoms with Gasteiger partial charge in [0.1, 0.15) is 0 Å². The number of nitrogens with two attached hydrogens (primary N) is 1. The number of halogens is 2. The van der Waals surface area contributed by atoms with Gasteiger partial charge in [0.2, 0.25) is 5.91 Å². The van der Waals surface area contributed by atoms with Gasteiger partial charge in [0, 0.05) is 30.3 Å². The number of hydrogen-bond donors (Lipinski definition) is 2. The first-order chi connectivity index (χ1) is 12.1. The number of aromatic amines is 1. The number of amides is 1. The van der Waals surface area contributed by atoms with Crippen molar-refractivity contribution in [1.29, 1.82) is 0 Å². The van der Waals surface area contributed by atoms with E-state index in [9.17, 15) is 4.79 Å². The first-order valence-electron chi connectivity index (χ1n) is 8.95.